The Morgan fingerprint density at radius 2 is 1.80 bits per heavy atom. The summed E-state index contributed by atoms with van der Waals surface area (Å²) in [7, 11) is 0. The van der Waals surface area contributed by atoms with Gasteiger partial charge in [0.15, 0.2) is 6.10 Å². The van der Waals surface area contributed by atoms with Crippen LogP contribution < -0.4 is 20.2 Å². The fraction of sp³-hybridized carbons (Fsp3) is 0.400. The van der Waals surface area contributed by atoms with E-state index in [4.69, 9.17) is 32.7 Å². The number of halogens is 3. The number of hydrogen-bond donors (Lipinski definition) is 2. The number of amides is 2. The van der Waals surface area contributed by atoms with Crippen molar-refractivity contribution in [3.05, 3.63) is 56.5 Å². The largest absolute Gasteiger partial charge is 0.493 e. The molecule has 2 rings (SSSR count). The van der Waals surface area contributed by atoms with Gasteiger partial charge in [-0.15, -0.1) is 0 Å². The van der Waals surface area contributed by atoms with E-state index in [1.165, 1.54) is 12.3 Å². The van der Waals surface area contributed by atoms with Gasteiger partial charge in [-0.1, -0.05) is 59.9 Å². The van der Waals surface area contributed by atoms with Gasteiger partial charge < -0.3 is 14.8 Å². The molecule has 0 unspecified atom stereocenters. The van der Waals surface area contributed by atoms with Crippen molar-refractivity contribution in [2.75, 3.05) is 6.61 Å². The smallest absolute Gasteiger partial charge is 0.262 e. The third-order valence-electron chi connectivity index (χ3n) is 4.72. The van der Waals surface area contributed by atoms with Crippen LogP contribution in [-0.2, 0) is 9.59 Å². The van der Waals surface area contributed by atoms with Crippen LogP contribution in [0, 0.1) is 5.92 Å². The zero-order valence-corrected chi connectivity index (χ0v) is 23.2. The summed E-state index contributed by atoms with van der Waals surface area (Å²) in [4.78, 5) is 25.6. The Morgan fingerprint density at radius 3 is 2.46 bits per heavy atom. The minimum atomic E-state index is -0.889. The highest BCUT2D eigenvalue weighted by molar-refractivity contribution is 9.10. The average molecular weight is 587 g/mol. The number of carbonyl (C=O) groups excluding carboxylic acids is 2. The number of nitrogens with zero attached hydrogens (tertiary/aromatic N) is 1. The van der Waals surface area contributed by atoms with Gasteiger partial charge in [-0.3, -0.25) is 9.59 Å². The second-order valence-corrected chi connectivity index (χ2v) is 10.0. The first-order valence-corrected chi connectivity index (χ1v) is 12.8. The SMILES string of the molecule is CCCOc1ccc(Br)cc1/C=N\NC(=O)[C@@H](CC(C)C)NC(=O)[C@H](C)Oc1ccc(Cl)cc1Cl. The maximum atomic E-state index is 12.8. The highest BCUT2D eigenvalue weighted by Gasteiger charge is 2.25. The molecule has 0 aliphatic carbocycles. The van der Waals surface area contributed by atoms with Gasteiger partial charge in [0.25, 0.3) is 11.8 Å². The molecule has 0 bridgehead atoms. The lowest BCUT2D eigenvalue weighted by molar-refractivity contribution is -0.132. The number of carbonyl (C=O) groups is 2. The van der Waals surface area contributed by atoms with Crippen molar-refractivity contribution in [2.24, 2.45) is 11.0 Å². The maximum absolute atomic E-state index is 12.8. The van der Waals surface area contributed by atoms with Crippen LogP contribution in [-0.4, -0.2) is 36.8 Å². The van der Waals surface area contributed by atoms with E-state index >= 15 is 0 Å². The van der Waals surface area contributed by atoms with E-state index in [1.807, 2.05) is 39.0 Å². The fourth-order valence-corrected chi connectivity index (χ4v) is 3.85. The first-order valence-electron chi connectivity index (χ1n) is 11.3. The lowest BCUT2D eigenvalue weighted by atomic mass is 10.0. The molecule has 0 aliphatic rings. The average Bonchev–Trinajstić information content (AvgIpc) is 2.79. The third-order valence-corrected chi connectivity index (χ3v) is 5.74. The van der Waals surface area contributed by atoms with Gasteiger partial charge in [0.1, 0.15) is 17.5 Å². The monoisotopic (exact) mass is 585 g/mol. The number of hydrogen-bond acceptors (Lipinski definition) is 5. The molecule has 10 heteroatoms. The summed E-state index contributed by atoms with van der Waals surface area (Å²) < 4.78 is 12.2. The number of benzene rings is 2. The molecule has 2 amide bonds. The number of hydrazone groups is 1. The van der Waals surface area contributed by atoms with Gasteiger partial charge in [0, 0.05) is 15.1 Å². The second kappa shape index (κ2) is 14.3. The minimum absolute atomic E-state index is 0.149. The van der Waals surface area contributed by atoms with Crippen molar-refractivity contribution in [1.82, 2.24) is 10.7 Å². The molecule has 2 aromatic carbocycles. The summed E-state index contributed by atoms with van der Waals surface area (Å²) in [5, 5.41) is 7.57. The van der Waals surface area contributed by atoms with Gasteiger partial charge in [0.2, 0.25) is 0 Å². The van der Waals surface area contributed by atoms with Crippen LogP contribution in [0.1, 0.15) is 46.1 Å². The molecule has 0 saturated heterocycles. The maximum Gasteiger partial charge on any atom is 0.262 e. The van der Waals surface area contributed by atoms with Crippen molar-refractivity contribution >= 4 is 57.2 Å². The van der Waals surface area contributed by atoms with E-state index in [-0.39, 0.29) is 10.9 Å². The Morgan fingerprint density at radius 1 is 1.09 bits per heavy atom. The van der Waals surface area contributed by atoms with Gasteiger partial charge in [-0.05, 0) is 62.1 Å². The van der Waals surface area contributed by atoms with Crippen molar-refractivity contribution in [2.45, 2.75) is 52.7 Å². The zero-order valence-electron chi connectivity index (χ0n) is 20.1. The number of ether oxygens (including phenoxy) is 2. The Kier molecular flexibility index (Phi) is 11.8. The van der Waals surface area contributed by atoms with E-state index in [2.05, 4.69) is 31.8 Å². The summed E-state index contributed by atoms with van der Waals surface area (Å²) in [6.07, 6.45) is 1.91. The predicted octanol–water partition coefficient (Wildman–Crippen LogP) is 5.99. The van der Waals surface area contributed by atoms with E-state index in [9.17, 15) is 9.59 Å². The van der Waals surface area contributed by atoms with E-state index in [0.717, 1.165) is 10.9 Å². The first-order chi connectivity index (χ1) is 16.6. The van der Waals surface area contributed by atoms with Crippen LogP contribution in [0.2, 0.25) is 10.0 Å². The molecule has 0 spiro atoms. The molecular formula is C25H30BrCl2N3O4. The predicted molar refractivity (Wildman–Crippen MR) is 144 cm³/mol. The Balaban J connectivity index is 2.05. The molecular weight excluding hydrogens is 557 g/mol. The quantitative estimate of drug-likeness (QED) is 0.236. The van der Waals surface area contributed by atoms with Crippen molar-refractivity contribution in [3.8, 4) is 11.5 Å². The fourth-order valence-electron chi connectivity index (χ4n) is 3.01. The molecule has 0 saturated carbocycles. The van der Waals surface area contributed by atoms with Gasteiger partial charge in [-0.25, -0.2) is 5.43 Å². The van der Waals surface area contributed by atoms with Crippen molar-refractivity contribution in [1.29, 1.82) is 0 Å². The van der Waals surface area contributed by atoms with Crippen LogP contribution in [0.4, 0.5) is 0 Å². The molecule has 7 nitrogen and oxygen atoms in total. The summed E-state index contributed by atoms with van der Waals surface area (Å²) in [6, 6.07) is 9.47. The van der Waals surface area contributed by atoms with Gasteiger partial charge in [-0.2, -0.15) is 5.10 Å². The van der Waals surface area contributed by atoms with Gasteiger partial charge >= 0.3 is 0 Å². The van der Waals surface area contributed by atoms with Crippen LogP contribution in [0.5, 0.6) is 11.5 Å². The molecule has 35 heavy (non-hydrogen) atoms. The number of nitrogens with one attached hydrogen (secondary N) is 2. The summed E-state index contributed by atoms with van der Waals surface area (Å²) >= 11 is 15.5. The Bertz CT molecular complexity index is 1050. The molecule has 2 atom stereocenters. The van der Waals surface area contributed by atoms with Crippen LogP contribution in [0.3, 0.4) is 0 Å². The highest BCUT2D eigenvalue weighted by Crippen LogP contribution is 2.28. The lowest BCUT2D eigenvalue weighted by Gasteiger charge is -2.22. The highest BCUT2D eigenvalue weighted by atomic mass is 79.9. The van der Waals surface area contributed by atoms with Crippen LogP contribution in [0.25, 0.3) is 0 Å². The summed E-state index contributed by atoms with van der Waals surface area (Å²) in [5.41, 5.74) is 3.22. The summed E-state index contributed by atoms with van der Waals surface area (Å²) in [6.45, 7) is 8.09. The van der Waals surface area contributed by atoms with E-state index in [1.54, 1.807) is 19.1 Å². The normalized spacial score (nSPS) is 12.9. The molecule has 2 aromatic rings. The lowest BCUT2D eigenvalue weighted by Crippen LogP contribution is -2.49. The van der Waals surface area contributed by atoms with Crippen LogP contribution in [0.15, 0.2) is 46.0 Å². The molecule has 0 aromatic heterocycles. The standard InChI is InChI=1S/C25H30BrCl2N3O4/c1-5-10-34-22-8-6-18(26)12-17(22)14-29-31-25(33)21(11-15(2)3)30-24(32)16(4)35-23-9-7-19(27)13-20(23)28/h6-9,12-16,21H,5,10-11H2,1-4H3,(H,30,32)(H,31,33)/b29-14-/t16-,21+/m0/s1. The minimum Gasteiger partial charge on any atom is -0.493 e. The molecule has 0 radical (unpaired) electrons. The second-order valence-electron chi connectivity index (χ2n) is 8.29. The third kappa shape index (κ3) is 9.70. The molecule has 0 heterocycles. The van der Waals surface area contributed by atoms with Gasteiger partial charge in [0.05, 0.1) is 17.8 Å². The van der Waals surface area contributed by atoms with E-state index in [0.29, 0.717) is 35.1 Å². The molecule has 190 valence electrons. The zero-order chi connectivity index (χ0) is 26.0. The van der Waals surface area contributed by atoms with Crippen LogP contribution >= 0.6 is 39.1 Å². The molecule has 2 N–H and O–H groups in total. The topological polar surface area (TPSA) is 89.0 Å². The molecule has 0 fully saturated rings. The first kappa shape index (κ1) is 28.9. The summed E-state index contributed by atoms with van der Waals surface area (Å²) in [5.74, 6) is 0.236. The Hall–Kier alpha value is -2.29. The van der Waals surface area contributed by atoms with Crippen molar-refractivity contribution < 1.29 is 19.1 Å². The van der Waals surface area contributed by atoms with Crippen molar-refractivity contribution in [3.63, 3.8) is 0 Å². The Labute approximate surface area is 224 Å². The van der Waals surface area contributed by atoms with E-state index < -0.39 is 24.0 Å². The number of rotatable bonds is 12. The molecule has 0 aliphatic heterocycles.